The predicted octanol–water partition coefficient (Wildman–Crippen LogP) is 4.22. The number of benzene rings is 2. The monoisotopic (exact) mass is 380 g/mol. The molecule has 0 saturated carbocycles. The lowest BCUT2D eigenvalue weighted by molar-refractivity contribution is -0.144. The molecule has 27 heavy (non-hydrogen) atoms. The molecule has 1 amide bonds. The summed E-state index contributed by atoms with van der Waals surface area (Å²) in [5.74, 6) is -0.00990. The molecular weight excluding hydrogens is 361 g/mol. The number of ether oxygens (including phenoxy) is 2. The molecule has 0 aliphatic carbocycles. The molecule has 3 rings (SSSR count). The molecule has 0 aromatic heterocycles. The number of nitrogens with one attached hydrogen (secondary N) is 1. The number of hydrogen-bond donors (Lipinski definition) is 1. The van der Waals surface area contributed by atoms with Gasteiger partial charge in [0.25, 0.3) is 5.91 Å². The number of halogens is 3. The smallest absolute Gasteiger partial charge is 0.406 e. The van der Waals surface area contributed by atoms with Crippen LogP contribution >= 0.6 is 0 Å². The summed E-state index contributed by atoms with van der Waals surface area (Å²) in [5, 5.41) is 3.03. The minimum atomic E-state index is -4.55. The molecule has 0 spiro atoms. The molecule has 0 bridgehead atoms. The number of alkyl halides is 3. The van der Waals surface area contributed by atoms with E-state index in [-0.39, 0.29) is 11.3 Å². The van der Waals surface area contributed by atoms with Gasteiger partial charge in [-0.1, -0.05) is 24.3 Å². The Balaban J connectivity index is 2.11. The maximum absolute atomic E-state index is 13.2. The zero-order chi connectivity index (χ0) is 19.6. The summed E-state index contributed by atoms with van der Waals surface area (Å²) in [7, 11) is 1.41. The lowest BCUT2D eigenvalue weighted by Gasteiger charge is -2.39. The summed E-state index contributed by atoms with van der Waals surface area (Å²) >= 11 is 0. The van der Waals surface area contributed by atoms with Crippen LogP contribution in [-0.2, 0) is 0 Å². The molecule has 1 aliphatic heterocycles. The summed E-state index contributed by atoms with van der Waals surface area (Å²) in [4.78, 5) is 13.6. The quantitative estimate of drug-likeness (QED) is 0.844. The van der Waals surface area contributed by atoms with Crippen molar-refractivity contribution in [3.63, 3.8) is 0 Å². The normalized spacial score (nSPS) is 16.6. The number of rotatable bonds is 5. The van der Waals surface area contributed by atoms with E-state index in [9.17, 15) is 18.0 Å². The van der Waals surface area contributed by atoms with E-state index >= 15 is 0 Å². The van der Waals surface area contributed by atoms with Crippen LogP contribution in [0.2, 0.25) is 0 Å². The Labute approximate surface area is 154 Å². The van der Waals surface area contributed by atoms with Crippen LogP contribution in [0.15, 0.2) is 42.5 Å². The van der Waals surface area contributed by atoms with Crippen molar-refractivity contribution in [2.75, 3.05) is 25.6 Å². The first kappa shape index (κ1) is 18.9. The Bertz CT molecular complexity index is 839. The summed E-state index contributed by atoms with van der Waals surface area (Å²) in [6.45, 7) is 0.770. The lowest BCUT2D eigenvalue weighted by Crippen LogP contribution is -2.47. The third-order valence-corrected chi connectivity index (χ3v) is 4.18. The fraction of sp³-hybridized carbons (Fsp3) is 0.316. The van der Waals surface area contributed by atoms with Crippen LogP contribution in [0.4, 0.5) is 18.9 Å². The van der Waals surface area contributed by atoms with Crippen molar-refractivity contribution in [2.24, 2.45) is 0 Å². The number of hydrogen-bond acceptors (Lipinski definition) is 4. The van der Waals surface area contributed by atoms with E-state index in [1.807, 2.05) is 0 Å². The Hall–Kier alpha value is -2.90. The van der Waals surface area contributed by atoms with Crippen LogP contribution in [0.3, 0.4) is 0 Å². The number of fused-ring (bicyclic) bond motifs is 1. The van der Waals surface area contributed by atoms with E-state index in [0.29, 0.717) is 23.6 Å². The Morgan fingerprint density at radius 1 is 1.15 bits per heavy atom. The molecule has 5 nitrogen and oxygen atoms in total. The van der Waals surface area contributed by atoms with Gasteiger partial charge in [0.1, 0.15) is 12.7 Å². The summed E-state index contributed by atoms with van der Waals surface area (Å²) in [5.41, 5.74) is 1.04. The van der Waals surface area contributed by atoms with Gasteiger partial charge in [0.05, 0.1) is 19.3 Å². The van der Waals surface area contributed by atoms with Crippen molar-refractivity contribution in [1.29, 1.82) is 0 Å². The number of amides is 1. The zero-order valence-electron chi connectivity index (χ0n) is 14.8. The second-order valence-corrected chi connectivity index (χ2v) is 5.95. The zero-order valence-corrected chi connectivity index (χ0v) is 14.8. The molecule has 0 fully saturated rings. The molecule has 1 N–H and O–H groups in total. The molecular formula is C19H19F3N2O3. The molecule has 144 valence electrons. The number of methoxy groups -OCH3 is 1. The first-order chi connectivity index (χ1) is 12.9. The fourth-order valence-electron chi connectivity index (χ4n) is 3.13. The van der Waals surface area contributed by atoms with Crippen LogP contribution < -0.4 is 14.8 Å². The first-order valence-corrected chi connectivity index (χ1v) is 8.38. The van der Waals surface area contributed by atoms with Crippen LogP contribution in [0.1, 0.15) is 29.0 Å². The van der Waals surface area contributed by atoms with Gasteiger partial charge in [-0.3, -0.25) is 4.79 Å². The Morgan fingerprint density at radius 3 is 2.56 bits per heavy atom. The summed E-state index contributed by atoms with van der Waals surface area (Å²) in [6, 6.07) is 11.4. The van der Waals surface area contributed by atoms with Crippen molar-refractivity contribution in [2.45, 2.75) is 19.3 Å². The number of carbonyl (C=O) groups excluding carboxylic acids is 1. The molecule has 0 unspecified atom stereocenters. The second kappa shape index (κ2) is 7.38. The van der Waals surface area contributed by atoms with Crippen molar-refractivity contribution < 1.29 is 27.4 Å². The minimum Gasteiger partial charge on any atom is -0.492 e. The number of anilines is 1. The number of para-hydroxylation sites is 2. The van der Waals surface area contributed by atoms with E-state index in [1.54, 1.807) is 43.3 Å². The topological polar surface area (TPSA) is 50.8 Å². The maximum atomic E-state index is 13.2. The van der Waals surface area contributed by atoms with E-state index < -0.39 is 24.8 Å². The Kier molecular flexibility index (Phi) is 5.16. The van der Waals surface area contributed by atoms with Gasteiger partial charge in [-0.05, 0) is 25.1 Å². The largest absolute Gasteiger partial charge is 0.492 e. The van der Waals surface area contributed by atoms with Gasteiger partial charge < -0.3 is 19.7 Å². The maximum Gasteiger partial charge on any atom is 0.406 e. The summed E-state index contributed by atoms with van der Waals surface area (Å²) < 4.78 is 50.5. The first-order valence-electron chi connectivity index (χ1n) is 8.38. The lowest BCUT2D eigenvalue weighted by atomic mass is 10.0. The molecule has 1 atom stereocenters. The van der Waals surface area contributed by atoms with Crippen LogP contribution in [0, 0.1) is 0 Å². The summed E-state index contributed by atoms with van der Waals surface area (Å²) in [6.07, 6.45) is -5.60. The van der Waals surface area contributed by atoms with E-state index in [0.717, 1.165) is 4.90 Å². The molecule has 0 radical (unpaired) electrons. The molecule has 8 heteroatoms. The van der Waals surface area contributed by atoms with Crippen LogP contribution in [0.5, 0.6) is 11.5 Å². The highest BCUT2D eigenvalue weighted by molar-refractivity contribution is 6.01. The highest BCUT2D eigenvalue weighted by Crippen LogP contribution is 2.41. The SMILES string of the molecule is CCOc1cccc([C@H]2Nc3ccccc3C(=O)N2CC(F)(F)F)c1OC. The van der Waals surface area contributed by atoms with E-state index in [2.05, 4.69) is 5.32 Å². The third kappa shape index (κ3) is 3.79. The van der Waals surface area contributed by atoms with Gasteiger partial charge in [-0.25, -0.2) is 0 Å². The van der Waals surface area contributed by atoms with Crippen molar-refractivity contribution >= 4 is 11.6 Å². The minimum absolute atomic E-state index is 0.193. The number of carbonyl (C=O) groups is 1. The average Bonchev–Trinajstić information content (AvgIpc) is 2.63. The van der Waals surface area contributed by atoms with E-state index in [4.69, 9.17) is 9.47 Å². The van der Waals surface area contributed by atoms with Gasteiger partial charge in [0, 0.05) is 11.3 Å². The second-order valence-electron chi connectivity index (χ2n) is 5.95. The van der Waals surface area contributed by atoms with Crippen LogP contribution in [-0.4, -0.2) is 37.2 Å². The highest BCUT2D eigenvalue weighted by atomic mass is 19.4. The van der Waals surface area contributed by atoms with Gasteiger partial charge in [0.15, 0.2) is 11.5 Å². The molecule has 2 aromatic rings. The third-order valence-electron chi connectivity index (χ3n) is 4.18. The van der Waals surface area contributed by atoms with Gasteiger partial charge in [-0.2, -0.15) is 13.2 Å². The van der Waals surface area contributed by atoms with Crippen LogP contribution in [0.25, 0.3) is 0 Å². The number of nitrogens with zero attached hydrogens (tertiary/aromatic N) is 1. The molecule has 2 aromatic carbocycles. The molecule has 0 saturated heterocycles. The average molecular weight is 380 g/mol. The van der Waals surface area contributed by atoms with E-state index in [1.165, 1.54) is 13.2 Å². The van der Waals surface area contributed by atoms with Gasteiger partial charge in [-0.15, -0.1) is 0 Å². The van der Waals surface area contributed by atoms with Gasteiger partial charge >= 0.3 is 6.18 Å². The Morgan fingerprint density at radius 2 is 1.89 bits per heavy atom. The molecule has 1 aliphatic rings. The fourth-order valence-corrected chi connectivity index (χ4v) is 3.13. The highest BCUT2D eigenvalue weighted by Gasteiger charge is 2.41. The van der Waals surface area contributed by atoms with Crippen molar-refractivity contribution in [3.8, 4) is 11.5 Å². The standard InChI is InChI=1S/C19H19F3N2O3/c1-3-27-15-10-6-8-13(16(15)26-2)17-23-14-9-5-4-7-12(14)18(25)24(17)11-19(20,21)22/h4-10,17,23H,3,11H2,1-2H3/t17-/m0/s1. The van der Waals surface area contributed by atoms with Crippen molar-refractivity contribution in [1.82, 2.24) is 4.90 Å². The molecule has 1 heterocycles. The van der Waals surface area contributed by atoms with Crippen molar-refractivity contribution in [3.05, 3.63) is 53.6 Å². The van der Waals surface area contributed by atoms with Gasteiger partial charge in [0.2, 0.25) is 0 Å². The predicted molar refractivity (Wildman–Crippen MR) is 94.1 cm³/mol.